The molecule has 0 spiro atoms. The third-order valence-electron chi connectivity index (χ3n) is 1.21. The Morgan fingerprint density at radius 2 is 2.27 bits per heavy atom. The summed E-state index contributed by atoms with van der Waals surface area (Å²) in [7, 11) is 0. The number of carbonyl (C=O) groups is 2. The molecule has 0 aromatic heterocycles. The number of carbonyl (C=O) groups excluding carboxylic acids is 2. The van der Waals surface area contributed by atoms with Crippen LogP contribution in [0.2, 0.25) is 0 Å². The summed E-state index contributed by atoms with van der Waals surface area (Å²) in [5.41, 5.74) is 0. The summed E-state index contributed by atoms with van der Waals surface area (Å²) in [6, 6.07) is 0. The lowest BCUT2D eigenvalue weighted by Gasteiger charge is -2.19. The van der Waals surface area contributed by atoms with Crippen molar-refractivity contribution in [2.45, 2.75) is 13.2 Å². The van der Waals surface area contributed by atoms with Gasteiger partial charge in [-0.2, -0.15) is 0 Å². The van der Waals surface area contributed by atoms with Crippen molar-refractivity contribution in [3.05, 3.63) is 0 Å². The molecular formula is C6H12N2O3. The fraction of sp³-hybridized carbons (Fsp3) is 0.667. The lowest BCUT2D eigenvalue weighted by molar-refractivity contribution is -0.126. The predicted octanol–water partition coefficient (Wildman–Crippen LogP) is -1.47. The molecule has 0 fully saturated rings. The second-order valence-electron chi connectivity index (χ2n) is 2.05. The van der Waals surface area contributed by atoms with Gasteiger partial charge in [0.25, 0.3) is 0 Å². The summed E-state index contributed by atoms with van der Waals surface area (Å²) in [4.78, 5) is 21.1. The van der Waals surface area contributed by atoms with Crippen LogP contribution in [0.1, 0.15) is 6.92 Å². The average Bonchev–Trinajstić information content (AvgIpc) is 1.97. The second kappa shape index (κ2) is 5.67. The summed E-state index contributed by atoms with van der Waals surface area (Å²) in [6.07, 6.45) is 0.281. The normalized spacial score (nSPS) is 11.8. The van der Waals surface area contributed by atoms with Gasteiger partial charge < -0.3 is 15.3 Å². The summed E-state index contributed by atoms with van der Waals surface area (Å²) < 4.78 is 0. The van der Waals surface area contributed by atoms with Crippen molar-refractivity contribution in [2.75, 3.05) is 13.1 Å². The van der Waals surface area contributed by atoms with Crippen molar-refractivity contribution in [3.8, 4) is 0 Å². The van der Waals surface area contributed by atoms with Crippen LogP contribution in [-0.2, 0) is 9.59 Å². The summed E-state index contributed by atoms with van der Waals surface area (Å²) >= 11 is 0. The maximum atomic E-state index is 10.2. The van der Waals surface area contributed by atoms with Crippen LogP contribution in [0.3, 0.4) is 0 Å². The summed E-state index contributed by atoms with van der Waals surface area (Å²) in [5.74, 6) is 0. The number of aliphatic hydroxyl groups is 1. The Balaban J connectivity index is 3.51. The number of nitrogens with one attached hydrogen (secondary N) is 1. The first-order valence-electron chi connectivity index (χ1n) is 3.28. The first-order valence-corrected chi connectivity index (χ1v) is 3.28. The minimum atomic E-state index is -0.805. The van der Waals surface area contributed by atoms with Crippen LogP contribution in [-0.4, -0.2) is 42.1 Å². The number of hydrogen-bond acceptors (Lipinski definition) is 3. The van der Waals surface area contributed by atoms with Crippen molar-refractivity contribution in [2.24, 2.45) is 0 Å². The molecule has 0 aliphatic heterocycles. The molecule has 1 atom stereocenters. The summed E-state index contributed by atoms with van der Waals surface area (Å²) in [6.45, 7) is 2.16. The van der Waals surface area contributed by atoms with E-state index in [1.165, 1.54) is 11.8 Å². The predicted molar refractivity (Wildman–Crippen MR) is 38.5 cm³/mol. The van der Waals surface area contributed by atoms with Gasteiger partial charge in [-0.25, -0.2) is 0 Å². The monoisotopic (exact) mass is 160 g/mol. The van der Waals surface area contributed by atoms with Crippen LogP contribution >= 0.6 is 0 Å². The van der Waals surface area contributed by atoms with E-state index in [0.29, 0.717) is 25.9 Å². The smallest absolute Gasteiger partial charge is 0.211 e. The number of hydrogen-bond donors (Lipinski definition) is 2. The fourth-order valence-corrected chi connectivity index (χ4v) is 0.580. The van der Waals surface area contributed by atoms with Gasteiger partial charge in [0.15, 0.2) is 0 Å². The van der Waals surface area contributed by atoms with E-state index in [1.807, 2.05) is 0 Å². The van der Waals surface area contributed by atoms with Crippen molar-refractivity contribution in [1.82, 2.24) is 10.2 Å². The third kappa shape index (κ3) is 4.32. The number of aliphatic hydroxyl groups excluding tert-OH is 1. The highest BCUT2D eigenvalue weighted by Crippen LogP contribution is 1.87. The van der Waals surface area contributed by atoms with Crippen molar-refractivity contribution < 1.29 is 14.7 Å². The highest BCUT2D eigenvalue weighted by molar-refractivity contribution is 5.48. The Morgan fingerprint density at radius 1 is 1.64 bits per heavy atom. The number of nitrogens with zero attached hydrogens (tertiary/aromatic N) is 1. The van der Waals surface area contributed by atoms with Crippen LogP contribution in [0.5, 0.6) is 0 Å². The molecule has 0 aliphatic rings. The highest BCUT2D eigenvalue weighted by Gasteiger charge is 2.05. The molecular weight excluding hydrogens is 148 g/mol. The van der Waals surface area contributed by atoms with Gasteiger partial charge in [-0.05, 0) is 6.92 Å². The molecule has 1 unspecified atom stereocenters. The average molecular weight is 160 g/mol. The Hall–Kier alpha value is -1.10. The first kappa shape index (κ1) is 9.90. The Bertz CT molecular complexity index is 127. The molecule has 11 heavy (non-hydrogen) atoms. The van der Waals surface area contributed by atoms with Gasteiger partial charge in [0.05, 0.1) is 0 Å². The van der Waals surface area contributed by atoms with E-state index in [-0.39, 0.29) is 0 Å². The first-order chi connectivity index (χ1) is 5.22. The van der Waals surface area contributed by atoms with Gasteiger partial charge in [0.2, 0.25) is 12.8 Å². The second-order valence-corrected chi connectivity index (χ2v) is 2.05. The highest BCUT2D eigenvalue weighted by atomic mass is 16.3. The van der Waals surface area contributed by atoms with Gasteiger partial charge in [0, 0.05) is 13.1 Å². The fourth-order valence-electron chi connectivity index (χ4n) is 0.580. The van der Waals surface area contributed by atoms with Gasteiger partial charge in [-0.15, -0.1) is 0 Å². The molecule has 0 aliphatic carbocycles. The molecule has 0 aromatic rings. The molecule has 2 N–H and O–H groups in total. The third-order valence-corrected chi connectivity index (χ3v) is 1.21. The van der Waals surface area contributed by atoms with E-state index < -0.39 is 6.23 Å². The van der Waals surface area contributed by atoms with Crippen LogP contribution < -0.4 is 5.32 Å². The van der Waals surface area contributed by atoms with E-state index in [9.17, 15) is 9.59 Å². The quantitative estimate of drug-likeness (QED) is 0.283. The van der Waals surface area contributed by atoms with Gasteiger partial charge in [-0.3, -0.25) is 9.59 Å². The molecule has 5 heteroatoms. The Labute approximate surface area is 65.0 Å². The molecule has 0 aromatic carbocycles. The molecule has 0 rings (SSSR count). The number of rotatable bonds is 6. The van der Waals surface area contributed by atoms with Crippen molar-refractivity contribution in [1.29, 1.82) is 0 Å². The van der Waals surface area contributed by atoms with Crippen molar-refractivity contribution in [3.63, 3.8) is 0 Å². The zero-order chi connectivity index (χ0) is 8.69. The maximum Gasteiger partial charge on any atom is 0.211 e. The van der Waals surface area contributed by atoms with Gasteiger partial charge >= 0.3 is 0 Å². The van der Waals surface area contributed by atoms with E-state index in [4.69, 9.17) is 5.11 Å². The Kier molecular flexibility index (Phi) is 5.10. The minimum absolute atomic E-state index is 0.319. The van der Waals surface area contributed by atoms with E-state index >= 15 is 0 Å². The number of amides is 2. The lowest BCUT2D eigenvalue weighted by Crippen LogP contribution is -2.36. The topological polar surface area (TPSA) is 69.6 Å². The van der Waals surface area contributed by atoms with E-state index in [1.54, 1.807) is 0 Å². The molecule has 64 valence electrons. The summed E-state index contributed by atoms with van der Waals surface area (Å²) in [5, 5.41) is 11.3. The van der Waals surface area contributed by atoms with Crippen molar-refractivity contribution >= 4 is 12.8 Å². The largest absolute Gasteiger partial charge is 0.374 e. The van der Waals surface area contributed by atoms with Crippen LogP contribution in [0.15, 0.2) is 0 Å². The van der Waals surface area contributed by atoms with Crippen LogP contribution in [0.25, 0.3) is 0 Å². The van der Waals surface area contributed by atoms with Crippen LogP contribution in [0, 0.1) is 0 Å². The molecule has 0 bridgehead atoms. The molecule has 0 saturated heterocycles. The zero-order valence-corrected chi connectivity index (χ0v) is 6.36. The van der Waals surface area contributed by atoms with Crippen LogP contribution in [0.4, 0.5) is 0 Å². The maximum absolute atomic E-state index is 10.2. The molecule has 0 saturated carbocycles. The lowest BCUT2D eigenvalue weighted by atomic mass is 10.5. The van der Waals surface area contributed by atoms with Gasteiger partial charge in [-0.1, -0.05) is 0 Å². The Morgan fingerprint density at radius 3 is 2.64 bits per heavy atom. The molecule has 0 radical (unpaired) electrons. The molecule has 2 amide bonds. The molecule has 0 heterocycles. The minimum Gasteiger partial charge on any atom is -0.374 e. The van der Waals surface area contributed by atoms with E-state index in [2.05, 4.69) is 5.32 Å². The van der Waals surface area contributed by atoms with E-state index in [0.717, 1.165) is 0 Å². The molecule has 5 nitrogen and oxygen atoms in total. The SMILES string of the molecule is CC(O)N(C=O)CCNC=O. The standard InChI is InChI=1S/C6H12N2O3/c1-6(11)8(5-10)3-2-7-4-9/h4-6,11H,2-3H2,1H3,(H,7,9). The van der Waals surface area contributed by atoms with Gasteiger partial charge in [0.1, 0.15) is 6.23 Å². The zero-order valence-electron chi connectivity index (χ0n) is 6.36.